The Morgan fingerprint density at radius 1 is 0.917 bits per heavy atom. The minimum Gasteiger partial charge on any atom is -0.438 e. The minimum absolute atomic E-state index is 0.110. The largest absolute Gasteiger partial charge is 0.438 e. The molecule has 0 bridgehead atoms. The molecule has 0 radical (unpaired) electrons. The Balaban J connectivity index is 2.45. The van der Waals surface area contributed by atoms with E-state index >= 15 is 8.78 Å². The van der Waals surface area contributed by atoms with Crippen LogP contribution in [0.4, 0.5) is 14.5 Å². The summed E-state index contributed by atoms with van der Waals surface area (Å²) >= 11 is 3.07. The summed E-state index contributed by atoms with van der Waals surface area (Å²) in [5, 5.41) is 0.829. The summed E-state index contributed by atoms with van der Waals surface area (Å²) in [5.41, 5.74) is -6.76. The molecule has 0 aliphatic rings. The van der Waals surface area contributed by atoms with E-state index in [1.165, 1.54) is 59.7 Å². The average Bonchev–Trinajstić information content (AvgIpc) is 2.76. The topological polar surface area (TPSA) is 92.5 Å². The second-order valence-electron chi connectivity index (χ2n) is 9.87. The third-order valence-corrected chi connectivity index (χ3v) is 7.23. The molecular weight excluding hydrogens is 563 g/mol. The summed E-state index contributed by atoms with van der Waals surface area (Å²) in [6, 6.07) is 6.94. The van der Waals surface area contributed by atoms with Gasteiger partial charge in [-0.1, -0.05) is 28.1 Å². The van der Waals surface area contributed by atoms with Crippen LogP contribution in [0, 0.1) is 17.4 Å². The number of halogens is 3. The highest BCUT2D eigenvalue weighted by Crippen LogP contribution is 2.68. The standard InChI is InChI=1S/C24H27BrF2NO7P/c1-22(2,3)20(29)32-13-34-36(31,35-14-33-21(30)23(4,5)6)24(26,27)18-11-16-10-17(28-7)9-8-15(16)12-19(18)25/h8-12H,13-14H2,1-6H3. The second-order valence-corrected chi connectivity index (χ2v) is 12.8. The number of fused-ring (bicyclic) bond motifs is 1. The van der Waals surface area contributed by atoms with Crippen molar-refractivity contribution >= 4 is 51.9 Å². The molecule has 2 aromatic carbocycles. The first-order valence-corrected chi connectivity index (χ1v) is 13.0. The van der Waals surface area contributed by atoms with Crippen molar-refractivity contribution in [3.8, 4) is 0 Å². The van der Waals surface area contributed by atoms with Gasteiger partial charge in [-0.3, -0.25) is 23.2 Å². The van der Waals surface area contributed by atoms with Crippen LogP contribution in [0.25, 0.3) is 15.6 Å². The molecule has 0 saturated carbocycles. The number of hydrogen-bond donors (Lipinski definition) is 0. The molecule has 0 fully saturated rings. The van der Waals surface area contributed by atoms with E-state index < -0.39 is 55.2 Å². The van der Waals surface area contributed by atoms with Gasteiger partial charge in [-0.05, 0) is 70.5 Å². The van der Waals surface area contributed by atoms with Crippen LogP contribution < -0.4 is 0 Å². The number of benzene rings is 2. The Labute approximate surface area is 216 Å². The number of rotatable bonds is 8. The van der Waals surface area contributed by atoms with Crippen molar-refractivity contribution in [3.63, 3.8) is 0 Å². The van der Waals surface area contributed by atoms with Crippen LogP contribution in [-0.4, -0.2) is 25.5 Å². The van der Waals surface area contributed by atoms with Gasteiger partial charge in [0.05, 0.1) is 17.4 Å². The van der Waals surface area contributed by atoms with Gasteiger partial charge in [-0.25, -0.2) is 4.85 Å². The lowest BCUT2D eigenvalue weighted by Gasteiger charge is -2.28. The van der Waals surface area contributed by atoms with E-state index in [1.54, 1.807) is 6.07 Å². The molecule has 2 aromatic rings. The van der Waals surface area contributed by atoms with Gasteiger partial charge >= 0.3 is 25.2 Å². The smallest absolute Gasteiger partial charge is 0.410 e. The van der Waals surface area contributed by atoms with Crippen LogP contribution in [0.15, 0.2) is 34.8 Å². The van der Waals surface area contributed by atoms with Crippen LogP contribution in [0.1, 0.15) is 47.1 Å². The zero-order chi connectivity index (χ0) is 27.5. The summed E-state index contributed by atoms with van der Waals surface area (Å²) < 4.78 is 64.4. The minimum atomic E-state index is -5.46. The van der Waals surface area contributed by atoms with Crippen LogP contribution in [-0.2, 0) is 38.3 Å². The second kappa shape index (κ2) is 10.9. The predicted octanol–water partition coefficient (Wildman–Crippen LogP) is 7.52. The Hall–Kier alpha value is -2.38. The molecule has 0 N–H and O–H groups in total. The molecule has 0 heterocycles. The first kappa shape index (κ1) is 29.8. The maximum atomic E-state index is 15.8. The van der Waals surface area contributed by atoms with Gasteiger partial charge in [0.15, 0.2) is 5.69 Å². The van der Waals surface area contributed by atoms with Gasteiger partial charge in [0.2, 0.25) is 13.6 Å². The van der Waals surface area contributed by atoms with Crippen molar-refractivity contribution < 1.29 is 41.5 Å². The van der Waals surface area contributed by atoms with Gasteiger partial charge in [-0.2, -0.15) is 8.78 Å². The summed E-state index contributed by atoms with van der Waals surface area (Å²) in [5.74, 6) is -1.56. The van der Waals surface area contributed by atoms with Gasteiger partial charge in [0, 0.05) is 10.0 Å². The van der Waals surface area contributed by atoms with Crippen molar-refractivity contribution in [1.82, 2.24) is 0 Å². The number of alkyl halides is 2. The van der Waals surface area contributed by atoms with E-state index in [1.807, 2.05) is 0 Å². The summed E-state index contributed by atoms with van der Waals surface area (Å²) in [7, 11) is -5.46. The number of ether oxygens (including phenoxy) is 2. The molecular formula is C24H27BrF2NO7P. The van der Waals surface area contributed by atoms with Crippen LogP contribution >= 0.6 is 23.5 Å². The van der Waals surface area contributed by atoms with E-state index in [-0.39, 0.29) is 15.5 Å². The van der Waals surface area contributed by atoms with Gasteiger partial charge in [-0.15, -0.1) is 0 Å². The highest BCUT2D eigenvalue weighted by Gasteiger charge is 2.57. The van der Waals surface area contributed by atoms with Crippen molar-refractivity contribution in [2.24, 2.45) is 10.8 Å². The van der Waals surface area contributed by atoms with Crippen molar-refractivity contribution in [2.45, 2.75) is 47.2 Å². The first-order valence-electron chi connectivity index (χ1n) is 10.6. The maximum absolute atomic E-state index is 15.8. The highest BCUT2D eigenvalue weighted by atomic mass is 79.9. The first-order chi connectivity index (χ1) is 16.4. The quantitative estimate of drug-likeness (QED) is 0.136. The number of carbonyl (C=O) groups excluding carboxylic acids is 2. The molecule has 0 amide bonds. The molecule has 0 aliphatic carbocycles. The molecule has 2 rings (SSSR count). The zero-order valence-corrected chi connectivity index (χ0v) is 23.2. The van der Waals surface area contributed by atoms with Gasteiger partial charge < -0.3 is 9.47 Å². The van der Waals surface area contributed by atoms with E-state index in [0.29, 0.717) is 5.39 Å². The molecule has 0 unspecified atom stereocenters. The molecule has 0 aliphatic heterocycles. The normalized spacial score (nSPS) is 12.8. The molecule has 12 heteroatoms. The molecule has 0 saturated heterocycles. The number of hydrogen-bond acceptors (Lipinski definition) is 7. The van der Waals surface area contributed by atoms with Crippen LogP contribution in [0.5, 0.6) is 0 Å². The fourth-order valence-electron chi connectivity index (χ4n) is 2.64. The third-order valence-electron chi connectivity index (χ3n) is 4.76. The predicted molar refractivity (Wildman–Crippen MR) is 132 cm³/mol. The van der Waals surface area contributed by atoms with Crippen molar-refractivity contribution in [1.29, 1.82) is 0 Å². The summed E-state index contributed by atoms with van der Waals surface area (Å²) in [4.78, 5) is 27.3. The molecule has 8 nitrogen and oxygen atoms in total. The maximum Gasteiger partial charge on any atom is 0.410 e. The highest BCUT2D eigenvalue weighted by molar-refractivity contribution is 9.10. The summed E-state index contributed by atoms with van der Waals surface area (Å²) in [6.07, 6.45) is 0. The monoisotopic (exact) mass is 589 g/mol. The number of nitrogens with zero attached hydrogens (tertiary/aromatic N) is 1. The lowest BCUT2D eigenvalue weighted by atomic mass is 9.98. The van der Waals surface area contributed by atoms with Crippen molar-refractivity contribution in [3.05, 3.63) is 51.8 Å². The van der Waals surface area contributed by atoms with Gasteiger partial charge in [0.1, 0.15) is 0 Å². The fraction of sp³-hybridized carbons (Fsp3) is 0.458. The molecule has 0 aromatic heterocycles. The van der Waals surface area contributed by atoms with E-state index in [4.69, 9.17) is 25.1 Å². The van der Waals surface area contributed by atoms with Crippen LogP contribution in [0.2, 0.25) is 0 Å². The Bertz CT molecular complexity index is 1210. The lowest BCUT2D eigenvalue weighted by Crippen LogP contribution is -2.27. The summed E-state index contributed by atoms with van der Waals surface area (Å²) in [6.45, 7) is 14.2. The SMILES string of the molecule is [C-]#[N+]c1ccc2cc(Br)c(C(F)(F)P(=O)(OCOC(=O)C(C)(C)C)OCOC(=O)C(C)(C)C)cc2c1. The Morgan fingerprint density at radius 3 is 1.86 bits per heavy atom. The van der Waals surface area contributed by atoms with Gasteiger partial charge in [0.25, 0.3) is 0 Å². The Kier molecular flexibility index (Phi) is 9.06. The van der Waals surface area contributed by atoms with Crippen molar-refractivity contribution in [2.75, 3.05) is 13.6 Å². The lowest BCUT2D eigenvalue weighted by molar-refractivity contribution is -0.163. The average molecular weight is 590 g/mol. The molecule has 0 atom stereocenters. The fourth-order valence-corrected chi connectivity index (χ4v) is 4.66. The molecule has 0 spiro atoms. The number of carbonyl (C=O) groups is 2. The Morgan fingerprint density at radius 2 is 1.42 bits per heavy atom. The zero-order valence-electron chi connectivity index (χ0n) is 20.7. The van der Waals surface area contributed by atoms with E-state index in [2.05, 4.69) is 20.8 Å². The number of esters is 2. The third kappa shape index (κ3) is 6.88. The molecule has 196 valence electrons. The van der Waals surface area contributed by atoms with E-state index in [9.17, 15) is 14.2 Å². The molecule has 36 heavy (non-hydrogen) atoms. The van der Waals surface area contributed by atoms with Crippen LogP contribution in [0.3, 0.4) is 0 Å². The van der Waals surface area contributed by atoms with E-state index in [0.717, 1.165) is 6.07 Å².